The van der Waals surface area contributed by atoms with Crippen LogP contribution in [0.25, 0.3) is 11.0 Å². The number of ether oxygens (including phenoxy) is 3. The minimum atomic E-state index is -3.02. The molecule has 1 amide bonds. The molecule has 2 aromatic heterocycles. The Morgan fingerprint density at radius 2 is 1.96 bits per heavy atom. The first kappa shape index (κ1) is 29.4. The molecular formula is C34H35ClN6O5S. The first-order chi connectivity index (χ1) is 22.6. The minimum Gasteiger partial charge on any atom is -0.443 e. The van der Waals surface area contributed by atoms with E-state index in [2.05, 4.69) is 29.6 Å². The molecule has 47 heavy (non-hydrogen) atoms. The fraction of sp³-hybridized carbons (Fsp3) is 0.441. The Hall–Kier alpha value is -3.71. The number of hydrogen-bond donors (Lipinski definition) is 1. The second kappa shape index (κ2) is 10.4. The van der Waals surface area contributed by atoms with Crippen LogP contribution in [0.5, 0.6) is 11.5 Å². The van der Waals surface area contributed by atoms with Crippen molar-refractivity contribution in [2.45, 2.75) is 74.8 Å². The van der Waals surface area contributed by atoms with Crippen LogP contribution < -0.4 is 19.1 Å². The molecule has 0 bridgehead atoms. The van der Waals surface area contributed by atoms with E-state index < -0.39 is 21.7 Å². The molecule has 5 aliphatic rings. The standard InChI is InChI=1S/C34H35ClN6O5S/c1-20-32(42)39-47(43,38-20)23-7-8-25-27(16-23)41(19-22-10-15-44-22)31(37-25)24-17-34(24)11-13-40(14-12-34)26-4-3-5-28-30(26)46-33(2,45-28)29-9-6-21(35)18-36-29/h3-9,16,18,20,22,24H,10-15,17,19H2,1-2H3,(H,38,39,42,43)/t20-,22?,24?,33?,47?/m1/s1. The predicted molar refractivity (Wildman–Crippen MR) is 176 cm³/mol. The fourth-order valence-corrected chi connectivity index (χ4v) is 9.52. The van der Waals surface area contributed by atoms with Crippen molar-refractivity contribution in [2.75, 3.05) is 24.6 Å². The van der Waals surface area contributed by atoms with Gasteiger partial charge in [0.1, 0.15) is 21.4 Å². The third kappa shape index (κ3) is 4.74. The van der Waals surface area contributed by atoms with Gasteiger partial charge in [0.05, 0.1) is 45.3 Å². The number of carbonyl (C=O) groups is 1. The van der Waals surface area contributed by atoms with Crippen LogP contribution in [0.3, 0.4) is 0 Å². The van der Waals surface area contributed by atoms with Crippen LogP contribution in [-0.4, -0.2) is 56.5 Å². The van der Waals surface area contributed by atoms with Crippen LogP contribution in [0.2, 0.25) is 5.02 Å². The Balaban J connectivity index is 0.970. The van der Waals surface area contributed by atoms with Gasteiger partial charge in [-0.25, -0.2) is 13.9 Å². The zero-order valence-corrected chi connectivity index (χ0v) is 27.7. The molecule has 1 saturated carbocycles. The van der Waals surface area contributed by atoms with E-state index >= 15 is 0 Å². The maximum Gasteiger partial charge on any atom is 0.292 e. The molecule has 1 spiro atoms. The van der Waals surface area contributed by atoms with Gasteiger partial charge >= 0.3 is 0 Å². The number of fused-ring (bicyclic) bond motifs is 2. The van der Waals surface area contributed by atoms with Gasteiger partial charge in [-0.15, -0.1) is 4.36 Å². The second-order valence-corrected chi connectivity index (χ2v) is 15.9. The van der Waals surface area contributed by atoms with Gasteiger partial charge in [0.25, 0.3) is 11.7 Å². The summed E-state index contributed by atoms with van der Waals surface area (Å²) >= 11 is 6.07. The monoisotopic (exact) mass is 674 g/mol. The first-order valence-electron chi connectivity index (χ1n) is 16.2. The van der Waals surface area contributed by atoms with Crippen molar-refractivity contribution in [1.29, 1.82) is 0 Å². The Bertz CT molecular complexity index is 2060. The van der Waals surface area contributed by atoms with Gasteiger partial charge in [0.2, 0.25) is 0 Å². The van der Waals surface area contributed by atoms with Gasteiger partial charge in [-0.3, -0.25) is 9.78 Å². The molecule has 11 nitrogen and oxygen atoms in total. The number of imidazole rings is 1. The molecule has 244 valence electrons. The molecule has 0 radical (unpaired) electrons. The van der Waals surface area contributed by atoms with Gasteiger partial charge < -0.3 is 23.7 Å². The average Bonchev–Trinajstić information content (AvgIpc) is 3.27. The summed E-state index contributed by atoms with van der Waals surface area (Å²) in [7, 11) is -3.02. The molecule has 2 saturated heterocycles. The number of nitrogens with one attached hydrogen (secondary N) is 1. The number of pyridine rings is 1. The summed E-state index contributed by atoms with van der Waals surface area (Å²) in [6.07, 6.45) is 5.88. The molecule has 4 aliphatic heterocycles. The topological polar surface area (TPSA) is 120 Å². The van der Waals surface area contributed by atoms with Crippen LogP contribution >= 0.6 is 11.6 Å². The van der Waals surface area contributed by atoms with Crippen molar-refractivity contribution in [2.24, 2.45) is 9.78 Å². The summed E-state index contributed by atoms with van der Waals surface area (Å²) in [6.45, 7) is 6.82. The number of halogens is 1. The number of piperidine rings is 1. The van der Waals surface area contributed by atoms with E-state index in [0.29, 0.717) is 33.8 Å². The van der Waals surface area contributed by atoms with Crippen molar-refractivity contribution in [3.05, 3.63) is 71.3 Å². The fourth-order valence-electron chi connectivity index (χ4n) is 7.60. The molecule has 2 aromatic carbocycles. The quantitative estimate of drug-likeness (QED) is 0.283. The van der Waals surface area contributed by atoms with Crippen molar-refractivity contribution in [3.63, 3.8) is 0 Å². The predicted octanol–water partition coefficient (Wildman–Crippen LogP) is 5.55. The summed E-state index contributed by atoms with van der Waals surface area (Å²) in [5, 5.41) is 0.562. The van der Waals surface area contributed by atoms with Gasteiger partial charge in [-0.2, -0.15) is 0 Å². The van der Waals surface area contributed by atoms with E-state index in [9.17, 15) is 9.00 Å². The van der Waals surface area contributed by atoms with Gasteiger partial charge in [-0.1, -0.05) is 17.7 Å². The summed E-state index contributed by atoms with van der Waals surface area (Å²) in [6, 6.07) is 14.7. The number of hydrogen-bond acceptors (Lipinski definition) is 8. The highest BCUT2D eigenvalue weighted by Crippen LogP contribution is 2.65. The van der Waals surface area contributed by atoms with Crippen molar-refractivity contribution >= 4 is 44.1 Å². The lowest BCUT2D eigenvalue weighted by atomic mass is 9.90. The molecule has 5 atom stereocenters. The second-order valence-electron chi connectivity index (χ2n) is 13.5. The maximum atomic E-state index is 13.6. The average molecular weight is 675 g/mol. The summed E-state index contributed by atoms with van der Waals surface area (Å²) in [4.78, 5) is 24.7. The molecule has 13 heteroatoms. The van der Waals surface area contributed by atoms with E-state index in [1.807, 2.05) is 37.3 Å². The number of nitrogens with zero attached hydrogens (tertiary/aromatic N) is 5. The van der Waals surface area contributed by atoms with Crippen LogP contribution in [0.15, 0.2) is 64.0 Å². The number of para-hydroxylation sites is 1. The van der Waals surface area contributed by atoms with E-state index in [4.69, 9.17) is 30.8 Å². The van der Waals surface area contributed by atoms with Crippen molar-refractivity contribution in [3.8, 4) is 11.5 Å². The largest absolute Gasteiger partial charge is 0.443 e. The maximum absolute atomic E-state index is 13.6. The zero-order valence-electron chi connectivity index (χ0n) is 26.1. The third-order valence-corrected chi connectivity index (χ3v) is 12.8. The highest BCUT2D eigenvalue weighted by atomic mass is 35.5. The van der Waals surface area contributed by atoms with Crippen LogP contribution in [0, 0.1) is 5.41 Å². The smallest absolute Gasteiger partial charge is 0.292 e. The minimum absolute atomic E-state index is 0.131. The highest BCUT2D eigenvalue weighted by Gasteiger charge is 2.58. The lowest BCUT2D eigenvalue weighted by Crippen LogP contribution is -2.36. The Morgan fingerprint density at radius 1 is 1.13 bits per heavy atom. The lowest BCUT2D eigenvalue weighted by molar-refractivity contribution is -0.118. The number of anilines is 1. The van der Waals surface area contributed by atoms with E-state index in [1.54, 1.807) is 25.3 Å². The molecule has 4 aromatic rings. The van der Waals surface area contributed by atoms with Crippen molar-refractivity contribution in [1.82, 2.24) is 19.3 Å². The number of amides is 1. The highest BCUT2D eigenvalue weighted by molar-refractivity contribution is 7.92. The van der Waals surface area contributed by atoms with Gasteiger partial charge in [-0.05, 0) is 80.5 Å². The molecule has 6 heterocycles. The molecule has 4 unspecified atom stereocenters. The molecule has 1 aliphatic carbocycles. The zero-order chi connectivity index (χ0) is 32.1. The molecule has 9 rings (SSSR count). The first-order valence-corrected chi connectivity index (χ1v) is 18.1. The Kier molecular flexibility index (Phi) is 6.51. The molecule has 1 N–H and O–H groups in total. The van der Waals surface area contributed by atoms with Crippen molar-refractivity contribution < 1.29 is 23.2 Å². The summed E-state index contributed by atoms with van der Waals surface area (Å²) in [5.74, 6) is 1.43. The third-order valence-electron chi connectivity index (χ3n) is 10.5. The Morgan fingerprint density at radius 3 is 2.66 bits per heavy atom. The number of rotatable bonds is 6. The number of benzene rings is 2. The molecule has 3 fully saturated rings. The van der Waals surface area contributed by atoms with E-state index in [0.717, 1.165) is 73.7 Å². The van der Waals surface area contributed by atoms with E-state index in [-0.39, 0.29) is 17.4 Å². The summed E-state index contributed by atoms with van der Waals surface area (Å²) in [5.41, 5.74) is 3.63. The van der Waals surface area contributed by atoms with Gasteiger partial charge in [0, 0.05) is 38.7 Å². The number of carbonyl (C=O) groups excluding carboxylic acids is 1. The van der Waals surface area contributed by atoms with Crippen LogP contribution in [0.4, 0.5) is 5.69 Å². The SMILES string of the molecule is C[C@H]1NS(=O)(c2ccc3nc(C4CC45CCN(c4cccc6c4OC(C)(c4ccc(Cl)cn4)O6)CC5)n(CC4CCO4)c3c2)=NC1=O. The normalized spacial score (nSPS) is 30.5. The number of aromatic nitrogens is 3. The Labute approximate surface area is 277 Å². The lowest BCUT2D eigenvalue weighted by Gasteiger charge is -2.35. The van der Waals surface area contributed by atoms with Gasteiger partial charge in [0.15, 0.2) is 11.5 Å². The molecular weight excluding hydrogens is 640 g/mol. The van der Waals surface area contributed by atoms with Crippen LogP contribution in [0.1, 0.15) is 57.0 Å². The van der Waals surface area contributed by atoms with E-state index in [1.165, 1.54) is 0 Å². The summed E-state index contributed by atoms with van der Waals surface area (Å²) < 4.78 is 41.4. The van der Waals surface area contributed by atoms with Crippen LogP contribution in [-0.2, 0) is 31.8 Å².